The lowest BCUT2D eigenvalue weighted by Crippen LogP contribution is -2.52. The number of amides is 1. The number of benzene rings is 1. The van der Waals surface area contributed by atoms with Gasteiger partial charge in [-0.2, -0.15) is 0 Å². The Kier molecular flexibility index (Phi) is 3.79. The lowest BCUT2D eigenvalue weighted by Gasteiger charge is -2.38. The van der Waals surface area contributed by atoms with Crippen molar-refractivity contribution in [2.75, 3.05) is 31.1 Å². The van der Waals surface area contributed by atoms with Crippen molar-refractivity contribution in [1.29, 1.82) is 0 Å². The Balaban J connectivity index is 1.43. The molecule has 2 fully saturated rings. The van der Waals surface area contributed by atoms with Crippen LogP contribution in [0.3, 0.4) is 0 Å². The minimum absolute atomic E-state index is 0.0342. The molecule has 1 aromatic carbocycles. The molecule has 5 nitrogen and oxygen atoms in total. The van der Waals surface area contributed by atoms with Crippen molar-refractivity contribution in [2.45, 2.75) is 6.42 Å². The summed E-state index contributed by atoms with van der Waals surface area (Å²) in [7, 11) is 0. The van der Waals surface area contributed by atoms with Crippen molar-refractivity contribution in [3.8, 4) is 0 Å². The van der Waals surface area contributed by atoms with Crippen LogP contribution < -0.4 is 4.90 Å². The van der Waals surface area contributed by atoms with Gasteiger partial charge in [-0.05, 0) is 30.4 Å². The van der Waals surface area contributed by atoms with Crippen LogP contribution in [-0.2, 0) is 9.59 Å². The minimum atomic E-state index is -0.826. The molecule has 1 heterocycles. The van der Waals surface area contributed by atoms with Crippen LogP contribution in [0.25, 0.3) is 0 Å². The number of carboxylic acid groups (broad SMARTS) is 1. The number of hydrogen-bond acceptors (Lipinski definition) is 3. The third-order valence-corrected chi connectivity index (χ3v) is 5.74. The van der Waals surface area contributed by atoms with E-state index < -0.39 is 11.9 Å². The van der Waals surface area contributed by atoms with Gasteiger partial charge < -0.3 is 14.9 Å². The van der Waals surface area contributed by atoms with Crippen LogP contribution in [0, 0.1) is 23.7 Å². The third kappa shape index (κ3) is 2.48. The molecule has 2 bridgehead atoms. The molecular weight excluding hydrogens is 304 g/mol. The summed E-state index contributed by atoms with van der Waals surface area (Å²) in [5, 5.41) is 9.53. The molecule has 126 valence electrons. The highest BCUT2D eigenvalue weighted by Gasteiger charge is 2.52. The normalized spacial score (nSPS) is 31.5. The number of carboxylic acids is 1. The number of para-hydroxylation sites is 1. The van der Waals surface area contributed by atoms with Crippen LogP contribution in [0.5, 0.6) is 0 Å². The maximum atomic E-state index is 13.0. The second-order valence-electron chi connectivity index (χ2n) is 6.99. The summed E-state index contributed by atoms with van der Waals surface area (Å²) in [6, 6.07) is 10.2. The first-order valence-corrected chi connectivity index (χ1v) is 8.65. The van der Waals surface area contributed by atoms with Crippen LogP contribution >= 0.6 is 0 Å². The quantitative estimate of drug-likeness (QED) is 0.861. The van der Waals surface area contributed by atoms with Gasteiger partial charge in [-0.1, -0.05) is 30.4 Å². The van der Waals surface area contributed by atoms with Crippen LogP contribution in [0.1, 0.15) is 6.42 Å². The number of anilines is 1. The molecule has 0 radical (unpaired) electrons. The van der Waals surface area contributed by atoms with E-state index in [1.807, 2.05) is 35.3 Å². The molecule has 2 aliphatic carbocycles. The van der Waals surface area contributed by atoms with Gasteiger partial charge in [-0.3, -0.25) is 9.59 Å². The molecule has 4 rings (SSSR count). The molecular formula is C19H22N2O3. The number of fused-ring (bicyclic) bond motifs is 2. The average molecular weight is 326 g/mol. The fourth-order valence-corrected chi connectivity index (χ4v) is 4.53. The van der Waals surface area contributed by atoms with Crippen LogP contribution in [0.15, 0.2) is 42.5 Å². The molecule has 0 spiro atoms. The number of carbonyl (C=O) groups excluding carboxylic acids is 1. The van der Waals surface area contributed by atoms with E-state index >= 15 is 0 Å². The highest BCUT2D eigenvalue weighted by molar-refractivity contribution is 5.87. The van der Waals surface area contributed by atoms with Gasteiger partial charge in [0.15, 0.2) is 0 Å². The van der Waals surface area contributed by atoms with Gasteiger partial charge in [-0.15, -0.1) is 0 Å². The first-order valence-electron chi connectivity index (χ1n) is 8.65. The summed E-state index contributed by atoms with van der Waals surface area (Å²) in [5.74, 6) is -1.57. The first-order chi connectivity index (χ1) is 11.6. The molecule has 3 aliphatic rings. The number of carbonyl (C=O) groups is 2. The van der Waals surface area contributed by atoms with Gasteiger partial charge in [0.05, 0.1) is 11.8 Å². The predicted molar refractivity (Wildman–Crippen MR) is 90.6 cm³/mol. The molecule has 1 saturated heterocycles. The lowest BCUT2D eigenvalue weighted by atomic mass is 9.82. The zero-order valence-corrected chi connectivity index (χ0v) is 13.5. The summed E-state index contributed by atoms with van der Waals surface area (Å²) in [6.45, 7) is 2.92. The number of piperazine rings is 1. The summed E-state index contributed by atoms with van der Waals surface area (Å²) < 4.78 is 0. The van der Waals surface area contributed by atoms with E-state index in [0.717, 1.165) is 19.5 Å². The fraction of sp³-hybridized carbons (Fsp3) is 0.474. The van der Waals surface area contributed by atoms with Crippen LogP contribution in [-0.4, -0.2) is 48.1 Å². The summed E-state index contributed by atoms with van der Waals surface area (Å²) in [4.78, 5) is 28.7. The van der Waals surface area contributed by atoms with Crippen LogP contribution in [0.4, 0.5) is 5.69 Å². The van der Waals surface area contributed by atoms with Crippen molar-refractivity contribution < 1.29 is 14.7 Å². The third-order valence-electron chi connectivity index (χ3n) is 5.74. The summed E-state index contributed by atoms with van der Waals surface area (Å²) in [5.41, 5.74) is 1.18. The van der Waals surface area contributed by atoms with Gasteiger partial charge in [0.2, 0.25) is 5.91 Å². The van der Waals surface area contributed by atoms with E-state index in [1.165, 1.54) is 5.69 Å². The highest BCUT2D eigenvalue weighted by Crippen LogP contribution is 2.48. The predicted octanol–water partition coefficient (Wildman–Crippen LogP) is 1.86. The van der Waals surface area contributed by atoms with E-state index in [0.29, 0.717) is 13.1 Å². The maximum absolute atomic E-state index is 13.0. The monoisotopic (exact) mass is 326 g/mol. The average Bonchev–Trinajstić information content (AvgIpc) is 3.23. The van der Waals surface area contributed by atoms with Crippen molar-refractivity contribution in [1.82, 2.24) is 4.90 Å². The zero-order chi connectivity index (χ0) is 16.7. The largest absolute Gasteiger partial charge is 0.481 e. The Morgan fingerprint density at radius 3 is 2.17 bits per heavy atom. The smallest absolute Gasteiger partial charge is 0.307 e. The van der Waals surface area contributed by atoms with Crippen molar-refractivity contribution >= 4 is 17.6 Å². The molecule has 0 aromatic heterocycles. The second-order valence-corrected chi connectivity index (χ2v) is 6.99. The molecule has 1 aliphatic heterocycles. The van der Waals surface area contributed by atoms with E-state index in [-0.39, 0.29) is 23.7 Å². The Hall–Kier alpha value is -2.30. The van der Waals surface area contributed by atoms with Gasteiger partial charge in [-0.25, -0.2) is 0 Å². The highest BCUT2D eigenvalue weighted by atomic mass is 16.4. The molecule has 1 N–H and O–H groups in total. The van der Waals surface area contributed by atoms with Gasteiger partial charge in [0, 0.05) is 31.9 Å². The van der Waals surface area contributed by atoms with Gasteiger partial charge in [0.1, 0.15) is 0 Å². The zero-order valence-electron chi connectivity index (χ0n) is 13.5. The lowest BCUT2D eigenvalue weighted by molar-refractivity contribution is -0.151. The molecule has 5 heteroatoms. The molecule has 4 atom stereocenters. The van der Waals surface area contributed by atoms with E-state index in [2.05, 4.69) is 17.0 Å². The van der Waals surface area contributed by atoms with E-state index in [4.69, 9.17) is 0 Å². The van der Waals surface area contributed by atoms with Crippen molar-refractivity contribution in [2.24, 2.45) is 23.7 Å². The minimum Gasteiger partial charge on any atom is -0.481 e. The number of rotatable bonds is 3. The van der Waals surface area contributed by atoms with E-state index in [9.17, 15) is 14.7 Å². The van der Waals surface area contributed by atoms with Crippen molar-refractivity contribution in [3.63, 3.8) is 0 Å². The standard InChI is InChI=1S/C19H22N2O3/c22-18(16-13-6-7-14(12-13)17(16)19(23)24)21-10-8-20(9-11-21)15-4-2-1-3-5-15/h1-7,13-14,16-17H,8-12H2,(H,23,24)/t13-,14-,16+,17-/m0/s1. The second kappa shape index (κ2) is 5.96. The summed E-state index contributed by atoms with van der Waals surface area (Å²) in [6.07, 6.45) is 4.85. The Labute approximate surface area is 141 Å². The molecule has 1 amide bonds. The van der Waals surface area contributed by atoms with Crippen LogP contribution in [0.2, 0.25) is 0 Å². The number of aliphatic carboxylic acids is 1. The topological polar surface area (TPSA) is 60.9 Å². The Morgan fingerprint density at radius 2 is 1.54 bits per heavy atom. The molecule has 1 aromatic rings. The van der Waals surface area contributed by atoms with E-state index in [1.54, 1.807) is 0 Å². The van der Waals surface area contributed by atoms with Gasteiger partial charge >= 0.3 is 5.97 Å². The Morgan fingerprint density at radius 1 is 0.917 bits per heavy atom. The van der Waals surface area contributed by atoms with Gasteiger partial charge in [0.25, 0.3) is 0 Å². The SMILES string of the molecule is O=C(O)[C@@H]1[C@H](C(=O)N2CCN(c3ccccc3)CC2)[C@H]2C=C[C@H]1C2. The fourth-order valence-electron chi connectivity index (χ4n) is 4.53. The number of hydrogen-bond donors (Lipinski definition) is 1. The molecule has 24 heavy (non-hydrogen) atoms. The number of allylic oxidation sites excluding steroid dienone is 2. The first kappa shape index (κ1) is 15.2. The van der Waals surface area contributed by atoms with Crippen molar-refractivity contribution in [3.05, 3.63) is 42.5 Å². The molecule has 0 unspecified atom stereocenters. The summed E-state index contributed by atoms with van der Waals surface area (Å²) >= 11 is 0. The molecule has 1 saturated carbocycles. The Bertz CT molecular complexity index is 664. The number of nitrogens with zero attached hydrogens (tertiary/aromatic N) is 2. The maximum Gasteiger partial charge on any atom is 0.307 e.